The maximum absolute atomic E-state index is 11.9. The van der Waals surface area contributed by atoms with Crippen LogP contribution in [0.3, 0.4) is 0 Å². The van der Waals surface area contributed by atoms with Crippen LogP contribution < -0.4 is 0 Å². The third kappa shape index (κ3) is 2.83. The van der Waals surface area contributed by atoms with Crippen molar-refractivity contribution < 1.29 is 13.2 Å². The summed E-state index contributed by atoms with van der Waals surface area (Å²) in [5, 5.41) is 9.01. The Morgan fingerprint density at radius 2 is 2.15 bits per heavy atom. The second kappa shape index (κ2) is 3.49. The van der Waals surface area contributed by atoms with Crippen LogP contribution in [0.2, 0.25) is 0 Å². The molecule has 0 N–H and O–H groups in total. The minimum Gasteiger partial charge on any atom is -0.219 e. The monoisotopic (exact) mass is 214 g/mol. The molecule has 1 aromatic heterocycles. The number of rotatable bonds is 2. The van der Waals surface area contributed by atoms with E-state index in [2.05, 4.69) is 15.5 Å². The quantitative estimate of drug-likeness (QED) is 0.702. The van der Waals surface area contributed by atoms with Crippen LogP contribution in [0.4, 0.5) is 13.2 Å². The van der Waals surface area contributed by atoms with Gasteiger partial charge in [-0.3, -0.25) is 0 Å². The van der Waals surface area contributed by atoms with Gasteiger partial charge in [-0.15, -0.1) is 16.7 Å². The van der Waals surface area contributed by atoms with Crippen molar-refractivity contribution in [3.8, 4) is 0 Å². The first-order chi connectivity index (χ1) is 5.90. The van der Waals surface area contributed by atoms with Gasteiger partial charge in [0.2, 0.25) is 0 Å². The van der Waals surface area contributed by atoms with Gasteiger partial charge in [0.05, 0.1) is 5.38 Å². The first kappa shape index (κ1) is 10.2. The second-order valence-corrected chi connectivity index (χ2v) is 3.08. The van der Waals surface area contributed by atoms with Gasteiger partial charge in [0.15, 0.2) is 5.82 Å². The molecule has 1 atom stereocenters. The average Bonchev–Trinajstić information content (AvgIpc) is 2.31. The van der Waals surface area contributed by atoms with E-state index < -0.39 is 18.1 Å². The zero-order valence-corrected chi connectivity index (χ0v) is 7.34. The van der Waals surface area contributed by atoms with E-state index in [-0.39, 0.29) is 5.82 Å². The molecule has 0 bridgehead atoms. The van der Waals surface area contributed by atoms with E-state index in [0.29, 0.717) is 4.68 Å². The molecule has 0 amide bonds. The molecule has 0 aliphatic heterocycles. The molecule has 0 spiro atoms. The van der Waals surface area contributed by atoms with Crippen LogP contribution in [0.1, 0.15) is 18.1 Å². The van der Waals surface area contributed by atoms with E-state index in [9.17, 15) is 13.2 Å². The summed E-state index contributed by atoms with van der Waals surface area (Å²) in [6, 6.07) is 0. The van der Waals surface area contributed by atoms with Crippen molar-refractivity contribution in [1.82, 2.24) is 20.2 Å². The van der Waals surface area contributed by atoms with Crippen LogP contribution in [0, 0.1) is 0 Å². The van der Waals surface area contributed by atoms with Crippen LogP contribution in [-0.4, -0.2) is 26.4 Å². The molecule has 13 heavy (non-hydrogen) atoms. The molecule has 0 saturated carbocycles. The largest absolute Gasteiger partial charge is 0.408 e. The predicted octanol–water partition coefficient (Wildman–Crippen LogP) is 1.54. The first-order valence-corrected chi connectivity index (χ1v) is 3.80. The summed E-state index contributed by atoms with van der Waals surface area (Å²) in [5.41, 5.74) is 0. The van der Waals surface area contributed by atoms with Gasteiger partial charge in [-0.2, -0.15) is 13.2 Å². The molecule has 0 saturated heterocycles. The standard InChI is InChI=1S/C5H6ClF3N4/c1-3(6)4-10-11-12-13(4)2-5(7,8)9/h3H,2H2,1H3. The molecule has 0 aromatic carbocycles. The highest BCUT2D eigenvalue weighted by atomic mass is 35.5. The zero-order valence-electron chi connectivity index (χ0n) is 6.59. The molecule has 4 nitrogen and oxygen atoms in total. The van der Waals surface area contributed by atoms with Crippen molar-refractivity contribution in [3.05, 3.63) is 5.82 Å². The van der Waals surface area contributed by atoms with Crippen molar-refractivity contribution in [2.75, 3.05) is 0 Å². The van der Waals surface area contributed by atoms with Crippen molar-refractivity contribution in [3.63, 3.8) is 0 Å². The van der Waals surface area contributed by atoms with Crippen LogP contribution in [0.5, 0.6) is 0 Å². The smallest absolute Gasteiger partial charge is 0.219 e. The molecule has 1 aromatic rings. The van der Waals surface area contributed by atoms with Crippen molar-refractivity contribution >= 4 is 11.6 Å². The fourth-order valence-corrected chi connectivity index (χ4v) is 0.935. The van der Waals surface area contributed by atoms with E-state index in [1.807, 2.05) is 0 Å². The first-order valence-electron chi connectivity index (χ1n) is 3.37. The molecule has 74 valence electrons. The number of aromatic nitrogens is 4. The Morgan fingerprint density at radius 1 is 1.54 bits per heavy atom. The Labute approximate surface area is 76.7 Å². The van der Waals surface area contributed by atoms with Gasteiger partial charge in [0.25, 0.3) is 0 Å². The summed E-state index contributed by atoms with van der Waals surface area (Å²) in [4.78, 5) is 0. The summed E-state index contributed by atoms with van der Waals surface area (Å²) < 4.78 is 36.3. The summed E-state index contributed by atoms with van der Waals surface area (Å²) in [7, 11) is 0. The van der Waals surface area contributed by atoms with Crippen LogP contribution >= 0.6 is 11.6 Å². The number of nitrogens with zero attached hydrogens (tertiary/aromatic N) is 4. The second-order valence-electron chi connectivity index (χ2n) is 2.43. The maximum Gasteiger partial charge on any atom is 0.408 e. The van der Waals surface area contributed by atoms with Crippen molar-refractivity contribution in [1.29, 1.82) is 0 Å². The minimum atomic E-state index is -4.34. The van der Waals surface area contributed by atoms with Crippen LogP contribution in [-0.2, 0) is 6.54 Å². The highest BCUT2D eigenvalue weighted by Crippen LogP contribution is 2.21. The Bertz CT molecular complexity index is 282. The molecular formula is C5H6ClF3N4. The molecule has 8 heteroatoms. The van der Waals surface area contributed by atoms with Gasteiger partial charge in [-0.05, 0) is 17.4 Å². The van der Waals surface area contributed by atoms with E-state index in [0.717, 1.165) is 0 Å². The fraction of sp³-hybridized carbons (Fsp3) is 0.800. The van der Waals surface area contributed by atoms with E-state index >= 15 is 0 Å². The van der Waals surface area contributed by atoms with Crippen molar-refractivity contribution in [2.45, 2.75) is 25.0 Å². The molecule has 0 aliphatic rings. The maximum atomic E-state index is 11.9. The molecule has 0 radical (unpaired) electrons. The lowest BCUT2D eigenvalue weighted by Crippen LogP contribution is -2.20. The van der Waals surface area contributed by atoms with E-state index in [1.165, 1.54) is 6.92 Å². The molecule has 0 fully saturated rings. The summed E-state index contributed by atoms with van der Waals surface area (Å²) in [6.45, 7) is 0.284. The summed E-state index contributed by atoms with van der Waals surface area (Å²) in [5.74, 6) is 0.0130. The molecule has 0 aliphatic carbocycles. The van der Waals surface area contributed by atoms with Gasteiger partial charge >= 0.3 is 6.18 Å². The summed E-state index contributed by atoms with van der Waals surface area (Å²) >= 11 is 5.55. The Balaban J connectivity index is 2.83. The van der Waals surface area contributed by atoms with Crippen LogP contribution in [0.25, 0.3) is 0 Å². The van der Waals surface area contributed by atoms with Crippen molar-refractivity contribution in [2.24, 2.45) is 0 Å². The summed E-state index contributed by atoms with van der Waals surface area (Å²) in [6.07, 6.45) is -4.34. The Morgan fingerprint density at radius 3 is 2.62 bits per heavy atom. The fourth-order valence-electron chi connectivity index (χ4n) is 0.779. The highest BCUT2D eigenvalue weighted by Gasteiger charge is 2.30. The van der Waals surface area contributed by atoms with Gasteiger partial charge in [-0.1, -0.05) is 0 Å². The average molecular weight is 215 g/mol. The molecule has 1 rings (SSSR count). The number of halogens is 4. The number of alkyl halides is 4. The Hall–Kier alpha value is -0.850. The topological polar surface area (TPSA) is 43.6 Å². The lowest BCUT2D eigenvalue weighted by molar-refractivity contribution is -0.143. The van der Waals surface area contributed by atoms with Gasteiger partial charge in [0.1, 0.15) is 6.54 Å². The predicted molar refractivity (Wildman–Crippen MR) is 38.1 cm³/mol. The van der Waals surface area contributed by atoms with Crippen LogP contribution in [0.15, 0.2) is 0 Å². The third-order valence-electron chi connectivity index (χ3n) is 1.24. The van der Waals surface area contributed by atoms with E-state index in [4.69, 9.17) is 11.6 Å². The normalized spacial score (nSPS) is 14.5. The van der Waals surface area contributed by atoms with E-state index in [1.54, 1.807) is 0 Å². The molecular weight excluding hydrogens is 209 g/mol. The van der Waals surface area contributed by atoms with Gasteiger partial charge in [0, 0.05) is 0 Å². The molecule has 1 unspecified atom stereocenters. The van der Waals surface area contributed by atoms with Gasteiger partial charge < -0.3 is 0 Å². The SMILES string of the molecule is CC(Cl)c1nnnn1CC(F)(F)F. The Kier molecular flexibility index (Phi) is 2.74. The molecule has 1 heterocycles. The number of hydrogen-bond donors (Lipinski definition) is 0. The highest BCUT2D eigenvalue weighted by molar-refractivity contribution is 6.20. The van der Waals surface area contributed by atoms with Gasteiger partial charge in [-0.25, -0.2) is 4.68 Å². The number of tetrazole rings is 1. The lowest BCUT2D eigenvalue weighted by atomic mass is 10.4. The third-order valence-corrected chi connectivity index (χ3v) is 1.44. The minimum absolute atomic E-state index is 0.0130. The number of hydrogen-bond acceptors (Lipinski definition) is 3. The lowest BCUT2D eigenvalue weighted by Gasteiger charge is -2.08. The zero-order chi connectivity index (χ0) is 10.1.